The highest BCUT2D eigenvalue weighted by Gasteiger charge is 2.49. The molecule has 0 saturated heterocycles. The molecule has 0 bridgehead atoms. The lowest BCUT2D eigenvalue weighted by Crippen LogP contribution is -2.54. The fourth-order valence-electron chi connectivity index (χ4n) is 14.2. The zero-order chi connectivity index (χ0) is 61.5. The van der Waals surface area contributed by atoms with Gasteiger partial charge in [0.2, 0.25) is 0 Å². The minimum atomic E-state index is -2.18. The molecule has 0 N–H and O–H groups in total. The Morgan fingerprint density at radius 2 is 0.632 bits per heavy atom. The van der Waals surface area contributed by atoms with Crippen LogP contribution in [0.5, 0.6) is 0 Å². The Bertz CT molecular complexity index is 3230. The number of hydrogen-bond donors (Lipinski definition) is 0. The van der Waals surface area contributed by atoms with Gasteiger partial charge >= 0.3 is 0 Å². The molecule has 474 valence electrons. The lowest BCUT2D eigenvalue weighted by Gasteiger charge is -2.29. The molecule has 0 spiro atoms. The summed E-state index contributed by atoms with van der Waals surface area (Å²) in [5, 5.41) is 3.28. The summed E-state index contributed by atoms with van der Waals surface area (Å²) in [6, 6.07) is 12.4. The van der Waals surface area contributed by atoms with Gasteiger partial charge in [0.25, 0.3) is 23.6 Å². The van der Waals surface area contributed by atoms with Gasteiger partial charge in [0, 0.05) is 52.1 Å². The van der Waals surface area contributed by atoms with Crippen molar-refractivity contribution in [3.05, 3.63) is 67.4 Å². The molecule has 9 heterocycles. The van der Waals surface area contributed by atoms with Crippen LogP contribution in [-0.2, 0) is 12.8 Å². The van der Waals surface area contributed by atoms with Crippen molar-refractivity contribution in [1.82, 2.24) is 9.80 Å². The number of hydrogen-bond acceptors (Lipinski definition) is 10. The van der Waals surface area contributed by atoms with Crippen molar-refractivity contribution >= 4 is 110 Å². The Morgan fingerprint density at radius 3 is 1.10 bits per heavy atom. The van der Waals surface area contributed by atoms with E-state index in [2.05, 4.69) is 79.7 Å². The van der Waals surface area contributed by atoms with Gasteiger partial charge in [0.05, 0.1) is 41.8 Å². The maximum Gasteiger partial charge on any atom is 0.263 e. The summed E-state index contributed by atoms with van der Waals surface area (Å²) in [6.45, 7) is 19.0. The molecule has 0 aliphatic carbocycles. The Balaban J connectivity index is 1.18. The van der Waals surface area contributed by atoms with E-state index in [1.165, 1.54) is 178 Å². The van der Waals surface area contributed by atoms with Gasteiger partial charge in [0.1, 0.15) is 8.07 Å². The first-order chi connectivity index (χ1) is 42.5. The monoisotopic (exact) mass is 1300 g/mol. The SMILES string of the molecule is CCCCCCCCN1C(=O)c2c(-c3cc(CCCCCC)c(-c4sc(-c5sc(C)cc5CCCCCC)c5c4C(=O)N(CCCCCCCC)C5=O)s3)sc(-c3cc4c(s3)-c3sc(C)cc3[Si]4(CCCCCCCC)CCCCCCCC)c2C1=O. The average Bonchev–Trinajstić information content (AvgIpc) is 1.72. The third kappa shape index (κ3) is 15.5. The van der Waals surface area contributed by atoms with Crippen molar-refractivity contribution in [3.8, 4) is 48.8 Å². The molecule has 0 fully saturated rings. The van der Waals surface area contributed by atoms with E-state index in [0.717, 1.165) is 122 Å². The first kappa shape index (κ1) is 68.1. The fraction of sp³-hybridized carbons (Fsp3) is 0.622. The maximum atomic E-state index is 15.4. The topological polar surface area (TPSA) is 74.8 Å². The van der Waals surface area contributed by atoms with Crippen molar-refractivity contribution in [3.63, 3.8) is 0 Å². The number of imide groups is 2. The zero-order valence-corrected chi connectivity index (χ0v) is 60.6. The highest BCUT2D eigenvalue weighted by Crippen LogP contribution is 2.56. The molecule has 0 aromatic carbocycles. The van der Waals surface area contributed by atoms with Crippen LogP contribution >= 0.6 is 68.0 Å². The second-order valence-corrected chi connectivity index (χ2v) is 36.8. The van der Waals surface area contributed by atoms with E-state index in [-0.39, 0.29) is 23.6 Å². The van der Waals surface area contributed by atoms with E-state index in [1.54, 1.807) is 65.5 Å². The van der Waals surface area contributed by atoms with Crippen molar-refractivity contribution < 1.29 is 19.2 Å². The third-order valence-corrected chi connectivity index (χ3v) is 32.4. The fourth-order valence-corrected chi connectivity index (χ4v) is 29.0. The van der Waals surface area contributed by atoms with Gasteiger partial charge in [-0.05, 0) is 110 Å². The van der Waals surface area contributed by atoms with Crippen LogP contribution in [0.4, 0.5) is 0 Å². The standard InChI is InChI=1S/C74H104N2O4S6Si/c1-9-15-21-27-31-37-43-75-71(77)59-60(72(75)78)66(56-50-58-68(84-56)67-57(48-52(8)82-67)87(58,45-39-33-29-23-17-11-3)46-40-34-30-24-18-12-4)85-65(59)55-49-54(42-36-26-20-14-6)64(83-55)70-62-61(73(79)76(74(62)80)44-38-32-28-22-16-10-2)69(86-70)63-53(47-51(7)81-63)41-35-25-19-13-5/h47-50H,9-46H2,1-8H3. The van der Waals surface area contributed by atoms with Gasteiger partial charge in [0.15, 0.2) is 0 Å². The number of unbranched alkanes of at least 4 members (excludes halogenated alkanes) is 26. The van der Waals surface area contributed by atoms with Crippen LogP contribution < -0.4 is 10.4 Å². The summed E-state index contributed by atoms with van der Waals surface area (Å²) in [7, 11) is -2.18. The molecular formula is C74H104N2O4S6Si. The van der Waals surface area contributed by atoms with Gasteiger partial charge < -0.3 is 0 Å². The minimum absolute atomic E-state index is 0.131. The van der Waals surface area contributed by atoms with Gasteiger partial charge in [-0.25, -0.2) is 0 Å². The average molecular weight is 1310 g/mol. The van der Waals surface area contributed by atoms with Gasteiger partial charge in [-0.3, -0.25) is 29.0 Å². The number of rotatable bonds is 42. The molecule has 0 atom stereocenters. The minimum Gasteiger partial charge on any atom is -0.274 e. The molecule has 6 aromatic heterocycles. The molecule has 6 aromatic rings. The number of carbonyl (C=O) groups excluding carboxylic acids is 4. The van der Waals surface area contributed by atoms with Crippen molar-refractivity contribution in [2.45, 2.75) is 286 Å². The van der Waals surface area contributed by atoms with Gasteiger partial charge in [-0.1, -0.05) is 221 Å². The van der Waals surface area contributed by atoms with Crippen molar-refractivity contribution in [1.29, 1.82) is 0 Å². The largest absolute Gasteiger partial charge is 0.274 e. The molecule has 9 rings (SSSR count). The van der Waals surface area contributed by atoms with E-state index >= 15 is 19.2 Å². The number of carbonyl (C=O) groups is 4. The van der Waals surface area contributed by atoms with E-state index in [1.807, 2.05) is 22.7 Å². The molecule has 0 saturated carbocycles. The van der Waals surface area contributed by atoms with Crippen LogP contribution in [0.15, 0.2) is 24.3 Å². The van der Waals surface area contributed by atoms with Crippen molar-refractivity contribution in [2.75, 3.05) is 13.1 Å². The summed E-state index contributed by atoms with van der Waals surface area (Å²) in [6.07, 6.45) is 39.3. The summed E-state index contributed by atoms with van der Waals surface area (Å²) < 4.78 is 0. The predicted octanol–water partition coefficient (Wildman–Crippen LogP) is 23.8. The number of fused-ring (bicyclic) bond motifs is 5. The Hall–Kier alpha value is -3.30. The van der Waals surface area contributed by atoms with E-state index in [9.17, 15) is 0 Å². The van der Waals surface area contributed by atoms with Crippen LogP contribution in [0.1, 0.15) is 309 Å². The Morgan fingerprint density at radius 1 is 0.310 bits per heavy atom. The quantitative estimate of drug-likeness (QED) is 0.0217. The Kier molecular flexibility index (Phi) is 26.1. The van der Waals surface area contributed by atoms with Crippen LogP contribution in [0, 0.1) is 13.8 Å². The summed E-state index contributed by atoms with van der Waals surface area (Å²) >= 11 is 10.7. The normalized spacial score (nSPS) is 14.3. The van der Waals surface area contributed by atoms with E-state index < -0.39 is 8.07 Å². The summed E-state index contributed by atoms with van der Waals surface area (Å²) in [5.41, 5.74) is 4.83. The molecule has 0 unspecified atom stereocenters. The van der Waals surface area contributed by atoms with E-state index in [4.69, 9.17) is 0 Å². The second kappa shape index (κ2) is 33.3. The molecule has 13 heteroatoms. The van der Waals surface area contributed by atoms with Crippen LogP contribution in [-0.4, -0.2) is 54.6 Å². The molecule has 0 radical (unpaired) electrons. The van der Waals surface area contributed by atoms with Crippen LogP contribution in [0.25, 0.3) is 48.8 Å². The third-order valence-electron chi connectivity index (χ3n) is 19.1. The zero-order valence-electron chi connectivity index (χ0n) is 54.7. The molecular weight excluding hydrogens is 1200 g/mol. The second-order valence-electron chi connectivity index (χ2n) is 25.9. The van der Waals surface area contributed by atoms with Crippen molar-refractivity contribution in [2.24, 2.45) is 0 Å². The predicted molar refractivity (Wildman–Crippen MR) is 385 cm³/mol. The van der Waals surface area contributed by atoms with E-state index in [0.29, 0.717) is 35.3 Å². The highest BCUT2D eigenvalue weighted by atomic mass is 32.1. The number of aryl methyl sites for hydroxylation is 4. The molecule has 3 aliphatic rings. The lowest BCUT2D eigenvalue weighted by atomic mass is 10.0. The molecule has 4 amide bonds. The molecule has 87 heavy (non-hydrogen) atoms. The lowest BCUT2D eigenvalue weighted by molar-refractivity contribution is 0.0636. The van der Waals surface area contributed by atoms with Crippen LogP contribution in [0.2, 0.25) is 12.1 Å². The molecule has 6 nitrogen and oxygen atoms in total. The maximum absolute atomic E-state index is 15.4. The first-order valence-electron chi connectivity index (χ1n) is 35.0. The Labute approximate surface area is 549 Å². The van der Waals surface area contributed by atoms with Gasteiger partial charge in [-0.2, -0.15) is 0 Å². The van der Waals surface area contributed by atoms with Crippen LogP contribution in [0.3, 0.4) is 0 Å². The summed E-state index contributed by atoms with van der Waals surface area (Å²) in [5.74, 6) is -0.577. The number of amides is 4. The molecule has 3 aliphatic heterocycles. The summed E-state index contributed by atoms with van der Waals surface area (Å²) in [4.78, 5) is 78.0. The highest BCUT2D eigenvalue weighted by molar-refractivity contribution is 7.33. The van der Waals surface area contributed by atoms with Gasteiger partial charge in [-0.15, -0.1) is 68.0 Å². The smallest absolute Gasteiger partial charge is 0.263 e. The number of nitrogens with zero attached hydrogens (tertiary/aromatic N) is 2. The first-order valence-corrected chi connectivity index (χ1v) is 42.3. The number of thiophene rings is 6.